The summed E-state index contributed by atoms with van der Waals surface area (Å²) in [6.45, 7) is 4.11. The summed E-state index contributed by atoms with van der Waals surface area (Å²) in [6.07, 6.45) is 4.82. The molecule has 10 heavy (non-hydrogen) atoms. The Balaban J connectivity index is 2.24. The van der Waals surface area contributed by atoms with Crippen LogP contribution in [0.1, 0.15) is 26.2 Å². The van der Waals surface area contributed by atoms with Crippen molar-refractivity contribution in [2.24, 2.45) is 0 Å². The highest BCUT2D eigenvalue weighted by molar-refractivity contribution is 4.79. The molecule has 1 aliphatic heterocycles. The van der Waals surface area contributed by atoms with Gasteiger partial charge in [-0.2, -0.15) is 0 Å². The maximum Gasteiger partial charge on any atom is 0.164 e. The second-order valence-corrected chi connectivity index (χ2v) is 2.71. The molecule has 0 aromatic rings. The molecule has 2 heteroatoms. The van der Waals surface area contributed by atoms with Crippen molar-refractivity contribution in [3.8, 4) is 0 Å². The van der Waals surface area contributed by atoms with Gasteiger partial charge in [0.2, 0.25) is 0 Å². The quantitative estimate of drug-likeness (QED) is 0.581. The van der Waals surface area contributed by atoms with E-state index in [2.05, 4.69) is 18.9 Å². The minimum absolute atomic E-state index is 0.916. The van der Waals surface area contributed by atoms with Gasteiger partial charge in [0.05, 0.1) is 0 Å². The summed E-state index contributed by atoms with van der Waals surface area (Å²) in [7, 11) is 2.08. The molecule has 0 atom stereocenters. The van der Waals surface area contributed by atoms with Gasteiger partial charge in [-0.15, -0.1) is 0 Å². The molecule has 1 fully saturated rings. The molecule has 1 radical (unpaired) electrons. The molecule has 0 spiro atoms. The van der Waals surface area contributed by atoms with Gasteiger partial charge in [0, 0.05) is 6.61 Å². The van der Waals surface area contributed by atoms with Crippen molar-refractivity contribution < 1.29 is 4.74 Å². The summed E-state index contributed by atoms with van der Waals surface area (Å²) < 4.78 is 5.47. The molecule has 0 bridgehead atoms. The Bertz CT molecular complexity index is 89.3. The zero-order valence-corrected chi connectivity index (χ0v) is 6.89. The Morgan fingerprint density at radius 3 is 2.80 bits per heavy atom. The van der Waals surface area contributed by atoms with Crippen LogP contribution >= 0.6 is 0 Å². The zero-order chi connectivity index (χ0) is 7.40. The monoisotopic (exact) mass is 142 g/mol. The Kier molecular flexibility index (Phi) is 3.16. The lowest BCUT2D eigenvalue weighted by Gasteiger charge is -2.28. The smallest absolute Gasteiger partial charge is 0.164 e. The minimum Gasteiger partial charge on any atom is -0.356 e. The first-order valence-corrected chi connectivity index (χ1v) is 4.04. The molecule has 1 heterocycles. The molecule has 0 N–H and O–H groups in total. The molecule has 1 saturated heterocycles. The van der Waals surface area contributed by atoms with Crippen LogP contribution in [0.2, 0.25) is 0 Å². The first-order valence-electron chi connectivity index (χ1n) is 4.04. The van der Waals surface area contributed by atoms with Gasteiger partial charge < -0.3 is 4.74 Å². The van der Waals surface area contributed by atoms with Gasteiger partial charge in [0.25, 0.3) is 0 Å². The third-order valence-electron chi connectivity index (χ3n) is 1.95. The Morgan fingerprint density at radius 2 is 2.30 bits per heavy atom. The van der Waals surface area contributed by atoms with E-state index in [0.29, 0.717) is 0 Å². The molecule has 0 saturated carbocycles. The normalized spacial score (nSPS) is 21.9. The molecular weight excluding hydrogens is 126 g/mol. The van der Waals surface area contributed by atoms with Crippen molar-refractivity contribution in [1.29, 1.82) is 0 Å². The molecule has 59 valence electrons. The average molecular weight is 142 g/mol. The van der Waals surface area contributed by atoms with E-state index in [1.807, 2.05) is 0 Å². The Labute approximate surface area is 63.2 Å². The lowest BCUT2D eigenvalue weighted by molar-refractivity contribution is 0.0179. The Morgan fingerprint density at radius 1 is 1.50 bits per heavy atom. The van der Waals surface area contributed by atoms with Crippen LogP contribution in [-0.4, -0.2) is 25.1 Å². The number of ether oxygens (including phenoxy) is 1. The van der Waals surface area contributed by atoms with E-state index in [1.165, 1.54) is 19.1 Å². The van der Waals surface area contributed by atoms with E-state index >= 15 is 0 Å². The van der Waals surface area contributed by atoms with Gasteiger partial charge in [-0.05, 0) is 32.9 Å². The largest absolute Gasteiger partial charge is 0.356 e. The van der Waals surface area contributed by atoms with Gasteiger partial charge >= 0.3 is 0 Å². The van der Waals surface area contributed by atoms with Crippen molar-refractivity contribution >= 4 is 0 Å². The summed E-state index contributed by atoms with van der Waals surface area (Å²) in [5.41, 5.74) is 0. The maximum absolute atomic E-state index is 5.47. The van der Waals surface area contributed by atoms with Crippen molar-refractivity contribution in [2.75, 3.05) is 20.2 Å². The Hall–Kier alpha value is -0.0800. The van der Waals surface area contributed by atoms with Crippen LogP contribution in [0.15, 0.2) is 0 Å². The fourth-order valence-electron chi connectivity index (χ4n) is 1.12. The summed E-state index contributed by atoms with van der Waals surface area (Å²) in [6, 6.07) is 0. The lowest BCUT2D eigenvalue weighted by Crippen LogP contribution is -2.29. The van der Waals surface area contributed by atoms with E-state index in [4.69, 9.17) is 4.74 Å². The highest BCUT2D eigenvalue weighted by Crippen LogP contribution is 2.21. The molecular formula is C8H16NO. The van der Waals surface area contributed by atoms with Gasteiger partial charge in [-0.25, -0.2) is 0 Å². The van der Waals surface area contributed by atoms with Crippen LogP contribution in [-0.2, 0) is 4.74 Å². The second-order valence-electron chi connectivity index (χ2n) is 2.71. The van der Waals surface area contributed by atoms with Crippen LogP contribution in [0.25, 0.3) is 0 Å². The van der Waals surface area contributed by atoms with Gasteiger partial charge in [-0.3, -0.25) is 4.90 Å². The second kappa shape index (κ2) is 3.94. The third-order valence-corrected chi connectivity index (χ3v) is 1.95. The molecule has 0 aromatic carbocycles. The molecule has 0 aromatic heterocycles. The maximum atomic E-state index is 5.47. The highest BCUT2D eigenvalue weighted by Gasteiger charge is 2.18. The minimum atomic E-state index is 0.916. The topological polar surface area (TPSA) is 12.5 Å². The molecule has 0 unspecified atom stereocenters. The van der Waals surface area contributed by atoms with Crippen molar-refractivity contribution in [1.82, 2.24) is 4.90 Å². The van der Waals surface area contributed by atoms with Gasteiger partial charge in [0.15, 0.2) is 6.23 Å². The van der Waals surface area contributed by atoms with E-state index in [1.54, 1.807) is 0 Å². The predicted molar refractivity (Wildman–Crippen MR) is 41.4 cm³/mol. The van der Waals surface area contributed by atoms with E-state index in [-0.39, 0.29) is 0 Å². The summed E-state index contributed by atoms with van der Waals surface area (Å²) >= 11 is 0. The van der Waals surface area contributed by atoms with Crippen LogP contribution in [0.3, 0.4) is 0 Å². The molecule has 0 amide bonds. The first kappa shape index (κ1) is 8.02. The summed E-state index contributed by atoms with van der Waals surface area (Å²) in [4.78, 5) is 2.18. The van der Waals surface area contributed by atoms with Crippen LogP contribution in [0.5, 0.6) is 0 Å². The SMILES string of the molecule is CCN(C)[C]1CCCCO1. The molecule has 2 nitrogen and oxygen atoms in total. The number of nitrogens with zero attached hydrogens (tertiary/aromatic N) is 1. The average Bonchev–Trinajstić information content (AvgIpc) is 2.05. The fourth-order valence-corrected chi connectivity index (χ4v) is 1.12. The molecule has 0 aliphatic carbocycles. The lowest BCUT2D eigenvalue weighted by atomic mass is 10.2. The summed E-state index contributed by atoms with van der Waals surface area (Å²) in [5, 5.41) is 0. The van der Waals surface area contributed by atoms with E-state index < -0.39 is 0 Å². The van der Waals surface area contributed by atoms with Crippen molar-refractivity contribution in [3.05, 3.63) is 6.23 Å². The number of rotatable bonds is 2. The van der Waals surface area contributed by atoms with Crippen molar-refractivity contribution in [3.63, 3.8) is 0 Å². The van der Waals surface area contributed by atoms with Gasteiger partial charge in [-0.1, -0.05) is 6.92 Å². The standard InChI is InChI=1S/C8H16NO/c1-3-9(2)8-6-4-5-7-10-8/h3-7H2,1-2H3. The molecule has 1 aliphatic rings. The van der Waals surface area contributed by atoms with Gasteiger partial charge in [0.1, 0.15) is 0 Å². The number of hydrogen-bond donors (Lipinski definition) is 0. The van der Waals surface area contributed by atoms with Crippen LogP contribution in [0, 0.1) is 6.23 Å². The van der Waals surface area contributed by atoms with E-state index in [9.17, 15) is 0 Å². The third kappa shape index (κ3) is 1.96. The van der Waals surface area contributed by atoms with Crippen LogP contribution in [0.4, 0.5) is 0 Å². The first-order chi connectivity index (χ1) is 4.84. The van der Waals surface area contributed by atoms with Crippen molar-refractivity contribution in [2.45, 2.75) is 26.2 Å². The number of hydrogen-bond acceptors (Lipinski definition) is 2. The fraction of sp³-hybridized carbons (Fsp3) is 0.875. The summed E-state index contributed by atoms with van der Waals surface area (Å²) in [5.74, 6) is 0. The predicted octanol–water partition coefficient (Wildman–Crippen LogP) is 1.63. The van der Waals surface area contributed by atoms with E-state index in [0.717, 1.165) is 19.6 Å². The zero-order valence-electron chi connectivity index (χ0n) is 6.89. The highest BCUT2D eigenvalue weighted by atomic mass is 16.5. The van der Waals surface area contributed by atoms with Crippen LogP contribution < -0.4 is 0 Å². The molecule has 1 rings (SSSR count).